The summed E-state index contributed by atoms with van der Waals surface area (Å²) in [5, 5.41) is 2.98. The van der Waals surface area contributed by atoms with Crippen LogP contribution in [-0.2, 0) is 14.8 Å². The van der Waals surface area contributed by atoms with Gasteiger partial charge in [-0.25, -0.2) is 8.42 Å². The third-order valence-electron chi connectivity index (χ3n) is 5.39. The number of anilines is 2. The molecule has 0 spiro atoms. The topological polar surface area (TPSA) is 66.5 Å². The van der Waals surface area contributed by atoms with Crippen LogP contribution in [0.15, 0.2) is 18.2 Å². The molecule has 1 saturated carbocycles. The van der Waals surface area contributed by atoms with E-state index in [0.29, 0.717) is 36.7 Å². The molecule has 1 aliphatic carbocycles. The first-order valence-corrected chi connectivity index (χ1v) is 11.0. The average molecular weight is 365 g/mol. The maximum Gasteiger partial charge on any atom is 0.235 e. The summed E-state index contributed by atoms with van der Waals surface area (Å²) < 4.78 is 25.6. The number of hydrogen-bond acceptors (Lipinski definition) is 3. The van der Waals surface area contributed by atoms with E-state index in [2.05, 4.69) is 5.32 Å². The molecule has 0 unspecified atom stereocenters. The number of amides is 1. The SMILES string of the molecule is Cc1ccc(N2CCCS2(=O)=O)cc1NC(=O)CCC1CCCCC1. The Morgan fingerprint density at radius 3 is 2.64 bits per heavy atom. The van der Waals surface area contributed by atoms with Crippen LogP contribution in [0.1, 0.15) is 56.9 Å². The number of nitrogens with one attached hydrogen (secondary N) is 1. The Bertz CT molecular complexity index is 724. The molecule has 1 aliphatic heterocycles. The fourth-order valence-electron chi connectivity index (χ4n) is 3.85. The van der Waals surface area contributed by atoms with Gasteiger partial charge in [0.25, 0.3) is 0 Å². The fraction of sp³-hybridized carbons (Fsp3) is 0.632. The Balaban J connectivity index is 1.63. The average Bonchev–Trinajstić information content (AvgIpc) is 2.95. The van der Waals surface area contributed by atoms with Gasteiger partial charge in [-0.15, -0.1) is 0 Å². The molecule has 25 heavy (non-hydrogen) atoms. The molecule has 1 aromatic rings. The first kappa shape index (κ1) is 18.2. The highest BCUT2D eigenvalue weighted by Crippen LogP contribution is 2.30. The number of nitrogens with zero attached hydrogens (tertiary/aromatic N) is 1. The summed E-state index contributed by atoms with van der Waals surface area (Å²) in [4.78, 5) is 12.3. The van der Waals surface area contributed by atoms with Crippen LogP contribution in [0.3, 0.4) is 0 Å². The maximum absolute atomic E-state index is 12.3. The first-order valence-electron chi connectivity index (χ1n) is 9.36. The molecular formula is C19H28N2O3S. The molecule has 3 rings (SSSR count). The van der Waals surface area contributed by atoms with Crippen molar-refractivity contribution in [2.24, 2.45) is 5.92 Å². The van der Waals surface area contributed by atoms with Crippen molar-refractivity contribution in [2.75, 3.05) is 21.9 Å². The second-order valence-corrected chi connectivity index (χ2v) is 9.34. The van der Waals surface area contributed by atoms with Gasteiger partial charge >= 0.3 is 0 Å². The van der Waals surface area contributed by atoms with Crippen LogP contribution in [0, 0.1) is 12.8 Å². The zero-order valence-electron chi connectivity index (χ0n) is 15.0. The lowest BCUT2D eigenvalue weighted by atomic mass is 9.86. The van der Waals surface area contributed by atoms with Crippen LogP contribution in [0.25, 0.3) is 0 Å². The molecular weight excluding hydrogens is 336 g/mol. The Kier molecular flexibility index (Phi) is 5.67. The predicted molar refractivity (Wildman–Crippen MR) is 101 cm³/mol. The molecule has 0 radical (unpaired) electrons. The maximum atomic E-state index is 12.3. The molecule has 0 bridgehead atoms. The molecule has 6 heteroatoms. The summed E-state index contributed by atoms with van der Waals surface area (Å²) in [6.07, 6.45) is 8.54. The Labute approximate surface area is 150 Å². The largest absolute Gasteiger partial charge is 0.326 e. The van der Waals surface area contributed by atoms with Gasteiger partial charge in [-0.05, 0) is 43.4 Å². The van der Waals surface area contributed by atoms with E-state index >= 15 is 0 Å². The molecule has 2 fully saturated rings. The van der Waals surface area contributed by atoms with Gasteiger partial charge < -0.3 is 5.32 Å². The molecule has 5 nitrogen and oxygen atoms in total. The van der Waals surface area contributed by atoms with Crippen molar-refractivity contribution >= 4 is 27.3 Å². The van der Waals surface area contributed by atoms with Crippen molar-refractivity contribution in [1.29, 1.82) is 0 Å². The highest BCUT2D eigenvalue weighted by atomic mass is 32.2. The smallest absolute Gasteiger partial charge is 0.235 e. The fourth-order valence-corrected chi connectivity index (χ4v) is 5.41. The molecule has 1 N–H and O–H groups in total. The summed E-state index contributed by atoms with van der Waals surface area (Å²) in [5.41, 5.74) is 2.31. The van der Waals surface area contributed by atoms with E-state index in [0.717, 1.165) is 12.0 Å². The summed E-state index contributed by atoms with van der Waals surface area (Å²) in [7, 11) is -3.20. The quantitative estimate of drug-likeness (QED) is 0.863. The van der Waals surface area contributed by atoms with Gasteiger partial charge in [0.05, 0.1) is 11.4 Å². The monoisotopic (exact) mass is 364 g/mol. The lowest BCUT2D eigenvalue weighted by Crippen LogP contribution is -2.25. The van der Waals surface area contributed by atoms with Crippen molar-refractivity contribution in [3.05, 3.63) is 23.8 Å². The normalized spacial score (nSPS) is 20.6. The van der Waals surface area contributed by atoms with E-state index in [1.807, 2.05) is 19.1 Å². The number of carbonyl (C=O) groups excluding carboxylic acids is 1. The Hall–Kier alpha value is -1.56. The van der Waals surface area contributed by atoms with Gasteiger partial charge in [0.1, 0.15) is 0 Å². The van der Waals surface area contributed by atoms with E-state index in [-0.39, 0.29) is 11.7 Å². The van der Waals surface area contributed by atoms with Crippen LogP contribution in [0.2, 0.25) is 0 Å². The zero-order valence-corrected chi connectivity index (χ0v) is 15.8. The van der Waals surface area contributed by atoms with Gasteiger partial charge in [0, 0.05) is 18.7 Å². The standard InChI is InChI=1S/C19H28N2O3S/c1-15-8-10-17(21-12-5-13-25(21,23)24)14-18(15)20-19(22)11-9-16-6-3-2-4-7-16/h8,10,14,16H,2-7,9,11-13H2,1H3,(H,20,22). The lowest BCUT2D eigenvalue weighted by molar-refractivity contribution is -0.116. The molecule has 2 aliphatic rings. The summed E-state index contributed by atoms with van der Waals surface area (Å²) >= 11 is 0. The Morgan fingerprint density at radius 1 is 1.20 bits per heavy atom. The molecule has 1 saturated heterocycles. The van der Waals surface area contributed by atoms with Crippen molar-refractivity contribution in [1.82, 2.24) is 0 Å². The molecule has 138 valence electrons. The van der Waals surface area contributed by atoms with Crippen molar-refractivity contribution in [3.63, 3.8) is 0 Å². The highest BCUT2D eigenvalue weighted by molar-refractivity contribution is 7.93. The number of benzene rings is 1. The summed E-state index contributed by atoms with van der Waals surface area (Å²) in [5.74, 6) is 0.904. The van der Waals surface area contributed by atoms with E-state index in [1.54, 1.807) is 6.07 Å². The highest BCUT2D eigenvalue weighted by Gasteiger charge is 2.28. The van der Waals surface area contributed by atoms with Crippen molar-refractivity contribution < 1.29 is 13.2 Å². The van der Waals surface area contributed by atoms with E-state index in [9.17, 15) is 13.2 Å². The number of hydrogen-bond donors (Lipinski definition) is 1. The van der Waals surface area contributed by atoms with Crippen molar-refractivity contribution in [2.45, 2.75) is 58.3 Å². The van der Waals surface area contributed by atoms with Gasteiger partial charge in [-0.3, -0.25) is 9.10 Å². The Morgan fingerprint density at radius 2 is 1.96 bits per heavy atom. The van der Waals surface area contributed by atoms with E-state index in [1.165, 1.54) is 36.4 Å². The zero-order chi connectivity index (χ0) is 17.9. The van der Waals surface area contributed by atoms with Gasteiger partial charge in [0.15, 0.2) is 0 Å². The van der Waals surface area contributed by atoms with Crippen LogP contribution >= 0.6 is 0 Å². The van der Waals surface area contributed by atoms with Crippen LogP contribution in [-0.4, -0.2) is 26.6 Å². The molecule has 1 aromatic carbocycles. The van der Waals surface area contributed by atoms with Gasteiger partial charge in [-0.1, -0.05) is 38.2 Å². The minimum absolute atomic E-state index is 0.0232. The van der Waals surface area contributed by atoms with Gasteiger partial charge in [-0.2, -0.15) is 0 Å². The van der Waals surface area contributed by atoms with E-state index in [4.69, 9.17) is 0 Å². The van der Waals surface area contributed by atoms with Crippen molar-refractivity contribution in [3.8, 4) is 0 Å². The molecule has 0 aromatic heterocycles. The number of rotatable bonds is 5. The minimum atomic E-state index is -3.20. The number of aryl methyl sites for hydroxylation is 1. The number of carbonyl (C=O) groups is 1. The van der Waals surface area contributed by atoms with Gasteiger partial charge in [0.2, 0.25) is 15.9 Å². The molecule has 0 atom stereocenters. The van der Waals surface area contributed by atoms with E-state index < -0.39 is 10.0 Å². The number of sulfonamides is 1. The summed E-state index contributed by atoms with van der Waals surface area (Å²) in [6.45, 7) is 2.44. The van der Waals surface area contributed by atoms with Crippen LogP contribution in [0.5, 0.6) is 0 Å². The first-order chi connectivity index (χ1) is 12.0. The molecule has 1 heterocycles. The predicted octanol–water partition coefficient (Wildman–Crippen LogP) is 3.83. The second-order valence-electron chi connectivity index (χ2n) is 7.33. The van der Waals surface area contributed by atoms with Crippen LogP contribution < -0.4 is 9.62 Å². The summed E-state index contributed by atoms with van der Waals surface area (Å²) in [6, 6.07) is 5.48. The third kappa shape index (κ3) is 4.54. The second kappa shape index (κ2) is 7.77. The molecule has 1 amide bonds. The minimum Gasteiger partial charge on any atom is -0.326 e. The van der Waals surface area contributed by atoms with Crippen LogP contribution in [0.4, 0.5) is 11.4 Å². The third-order valence-corrected chi connectivity index (χ3v) is 7.26. The lowest BCUT2D eigenvalue weighted by Gasteiger charge is -2.21.